The zero-order valence-electron chi connectivity index (χ0n) is 39.6. The number of nitrogens with zero attached hydrogens (tertiary/aromatic N) is 1. The van der Waals surface area contributed by atoms with Gasteiger partial charge in [0.05, 0.1) is 5.41 Å². The molecule has 15 rings (SSSR count). The smallest absolute Gasteiger partial charge is 0.0725 e. The number of benzene rings is 12. The summed E-state index contributed by atoms with van der Waals surface area (Å²) < 4.78 is 0. The lowest BCUT2D eigenvalue weighted by Crippen LogP contribution is -2.25. The molecule has 332 valence electrons. The third-order valence-electron chi connectivity index (χ3n) is 16.5. The molecule has 0 aliphatic heterocycles. The van der Waals surface area contributed by atoms with Crippen LogP contribution in [0.4, 0.5) is 17.1 Å². The Morgan fingerprint density at radius 1 is 0.239 bits per heavy atom. The maximum atomic E-state index is 2.56. The van der Waals surface area contributed by atoms with E-state index in [0.717, 1.165) is 17.1 Å². The van der Waals surface area contributed by atoms with Crippen molar-refractivity contribution in [3.8, 4) is 55.6 Å². The fourth-order valence-corrected chi connectivity index (χ4v) is 13.2. The van der Waals surface area contributed by atoms with E-state index >= 15 is 0 Å². The first kappa shape index (κ1) is 40.1. The quantitative estimate of drug-likeness (QED) is 0.156. The third-order valence-corrected chi connectivity index (χ3v) is 16.5. The Labute approximate surface area is 414 Å². The maximum absolute atomic E-state index is 2.56. The van der Waals surface area contributed by atoms with E-state index in [4.69, 9.17) is 0 Å². The van der Waals surface area contributed by atoms with Crippen molar-refractivity contribution in [1.82, 2.24) is 0 Å². The van der Waals surface area contributed by atoms with E-state index in [1.165, 1.54) is 121 Å². The molecule has 0 N–H and O–H groups in total. The van der Waals surface area contributed by atoms with Crippen molar-refractivity contribution in [2.45, 2.75) is 24.7 Å². The molecule has 3 aliphatic carbocycles. The van der Waals surface area contributed by atoms with Gasteiger partial charge < -0.3 is 4.90 Å². The van der Waals surface area contributed by atoms with Crippen LogP contribution in [0, 0.1) is 0 Å². The van der Waals surface area contributed by atoms with Crippen molar-refractivity contribution < 1.29 is 0 Å². The Balaban J connectivity index is 0.891. The molecule has 0 radical (unpaired) electrons. The van der Waals surface area contributed by atoms with Gasteiger partial charge in [-0.25, -0.2) is 0 Å². The van der Waals surface area contributed by atoms with Crippen LogP contribution < -0.4 is 4.90 Å². The number of rotatable bonds is 5. The monoisotopic (exact) mass is 901 g/mol. The van der Waals surface area contributed by atoms with E-state index in [1.54, 1.807) is 0 Å². The highest BCUT2D eigenvalue weighted by molar-refractivity contribution is 6.26. The molecule has 12 aromatic rings. The van der Waals surface area contributed by atoms with Gasteiger partial charge >= 0.3 is 0 Å². The van der Waals surface area contributed by atoms with E-state index in [9.17, 15) is 0 Å². The van der Waals surface area contributed by atoms with Gasteiger partial charge in [-0.15, -0.1) is 0 Å². The fraction of sp³-hybridized carbons (Fsp3) is 0.0571. The molecule has 0 saturated carbocycles. The molecule has 3 aliphatic rings. The summed E-state index contributed by atoms with van der Waals surface area (Å²) in [5.74, 6) is 0. The van der Waals surface area contributed by atoms with Crippen LogP contribution in [0.25, 0.3) is 88.0 Å². The van der Waals surface area contributed by atoms with Crippen LogP contribution in [-0.2, 0) is 10.8 Å². The highest BCUT2D eigenvalue weighted by Crippen LogP contribution is 2.64. The summed E-state index contributed by atoms with van der Waals surface area (Å²) in [4.78, 5) is 2.43. The second kappa shape index (κ2) is 14.9. The number of hydrogen-bond donors (Lipinski definition) is 0. The van der Waals surface area contributed by atoms with Gasteiger partial charge in [-0.2, -0.15) is 0 Å². The van der Waals surface area contributed by atoms with Crippen LogP contribution in [-0.4, -0.2) is 0 Å². The molecular weight excluding hydrogens is 855 g/mol. The highest BCUT2D eigenvalue weighted by atomic mass is 15.1. The third kappa shape index (κ3) is 5.58. The maximum Gasteiger partial charge on any atom is 0.0725 e. The molecule has 0 aromatic heterocycles. The molecule has 1 nitrogen and oxygen atoms in total. The minimum absolute atomic E-state index is 0.116. The molecule has 71 heavy (non-hydrogen) atoms. The second-order valence-electron chi connectivity index (χ2n) is 20.3. The number of anilines is 3. The van der Waals surface area contributed by atoms with Crippen LogP contribution >= 0.6 is 0 Å². The number of hydrogen-bond acceptors (Lipinski definition) is 1. The van der Waals surface area contributed by atoms with Crippen LogP contribution in [0.3, 0.4) is 0 Å². The van der Waals surface area contributed by atoms with Gasteiger partial charge in [0, 0.05) is 22.5 Å². The minimum Gasteiger partial charge on any atom is -0.310 e. The van der Waals surface area contributed by atoms with Gasteiger partial charge in [0.1, 0.15) is 0 Å². The molecule has 1 atom stereocenters. The predicted molar refractivity (Wildman–Crippen MR) is 298 cm³/mol. The van der Waals surface area contributed by atoms with Crippen molar-refractivity contribution in [1.29, 1.82) is 0 Å². The Morgan fingerprint density at radius 3 is 1.25 bits per heavy atom. The summed E-state index contributed by atoms with van der Waals surface area (Å²) in [6.45, 7) is 4.73. The molecule has 0 amide bonds. The largest absolute Gasteiger partial charge is 0.310 e. The zero-order chi connectivity index (χ0) is 47.0. The van der Waals surface area contributed by atoms with E-state index < -0.39 is 5.41 Å². The van der Waals surface area contributed by atoms with Gasteiger partial charge in [-0.3, -0.25) is 0 Å². The zero-order valence-corrected chi connectivity index (χ0v) is 39.6. The molecule has 0 fully saturated rings. The van der Waals surface area contributed by atoms with Crippen molar-refractivity contribution in [3.63, 3.8) is 0 Å². The molecule has 1 unspecified atom stereocenters. The SMILES string of the molecule is CC1(C)c2ccccc2-c2ccc(N(c3ccc(-c4ccccc4)cc3)c3ccc(-c4ccc5c(c4)C4(c6ccccc6-5)c5ccccc5-c5cc6c7ccccc7c7ccccc7c6cc54)cc3)cc21. The molecule has 1 heteroatoms. The summed E-state index contributed by atoms with van der Waals surface area (Å²) in [6, 6.07) is 93.5. The first-order chi connectivity index (χ1) is 35.0. The van der Waals surface area contributed by atoms with Crippen LogP contribution in [0.15, 0.2) is 249 Å². The van der Waals surface area contributed by atoms with E-state index in [1.807, 2.05) is 0 Å². The van der Waals surface area contributed by atoms with E-state index in [0.29, 0.717) is 0 Å². The lowest BCUT2D eigenvalue weighted by Gasteiger charge is -2.31. The second-order valence-corrected chi connectivity index (χ2v) is 20.3. The molecule has 1 spiro atoms. The van der Waals surface area contributed by atoms with Gasteiger partial charge in [-0.1, -0.05) is 208 Å². The molecular formula is C70H47N. The van der Waals surface area contributed by atoms with Crippen LogP contribution in [0.5, 0.6) is 0 Å². The first-order valence-electron chi connectivity index (χ1n) is 25.0. The van der Waals surface area contributed by atoms with Crippen molar-refractivity contribution in [2.24, 2.45) is 0 Å². The lowest BCUT2D eigenvalue weighted by atomic mass is 9.70. The Morgan fingerprint density at radius 2 is 0.634 bits per heavy atom. The van der Waals surface area contributed by atoms with Crippen LogP contribution in [0.2, 0.25) is 0 Å². The highest BCUT2D eigenvalue weighted by Gasteiger charge is 2.52. The molecule has 0 heterocycles. The average Bonchev–Trinajstić information content (AvgIpc) is 3.99. The van der Waals surface area contributed by atoms with Gasteiger partial charge in [-0.05, 0) is 176 Å². The molecule has 12 aromatic carbocycles. The first-order valence-corrected chi connectivity index (χ1v) is 25.0. The van der Waals surface area contributed by atoms with Crippen molar-refractivity contribution in [3.05, 3.63) is 282 Å². The van der Waals surface area contributed by atoms with Crippen molar-refractivity contribution >= 4 is 49.4 Å². The van der Waals surface area contributed by atoms with E-state index in [2.05, 4.69) is 267 Å². The van der Waals surface area contributed by atoms with Gasteiger partial charge in [0.25, 0.3) is 0 Å². The average molecular weight is 902 g/mol. The Kier molecular flexibility index (Phi) is 8.40. The Bertz CT molecular complexity index is 4180. The standard InChI is InChI=1S/C70H47N/c1-69(2)63-25-13-10-22-55(63)58-39-37-50(41-66(58)69)71(48-33-28-45(29-34-48)44-16-4-3-5-17-44)49-35-30-46(31-36-49)47-32-38-59-56-23-11-14-26-64(56)70(67(59)40-47)65-27-15-12-24-57(65)62-42-60-53-20-8-6-18-51(53)52-19-7-9-21-54(52)61(60)43-68(62)70/h3-43H,1-2H3. The predicted octanol–water partition coefficient (Wildman–Crippen LogP) is 18.6. The number of fused-ring (bicyclic) bond motifs is 19. The summed E-state index contributed by atoms with van der Waals surface area (Å²) in [5.41, 5.74) is 23.7. The molecule has 0 bridgehead atoms. The van der Waals surface area contributed by atoms with Crippen molar-refractivity contribution in [2.75, 3.05) is 4.90 Å². The summed E-state index contributed by atoms with van der Waals surface area (Å²) in [7, 11) is 0. The Hall–Kier alpha value is -8.78. The lowest BCUT2D eigenvalue weighted by molar-refractivity contribution is 0.660. The normalized spacial score (nSPS) is 15.4. The van der Waals surface area contributed by atoms with Crippen LogP contribution in [0.1, 0.15) is 47.2 Å². The summed E-state index contributed by atoms with van der Waals surface area (Å²) in [5, 5.41) is 7.80. The van der Waals surface area contributed by atoms with Gasteiger partial charge in [0.15, 0.2) is 0 Å². The molecule has 0 saturated heterocycles. The topological polar surface area (TPSA) is 3.24 Å². The fourth-order valence-electron chi connectivity index (χ4n) is 13.2. The minimum atomic E-state index is -0.488. The summed E-state index contributed by atoms with van der Waals surface area (Å²) in [6.07, 6.45) is 0. The van der Waals surface area contributed by atoms with Gasteiger partial charge in [0.2, 0.25) is 0 Å². The van der Waals surface area contributed by atoms with E-state index in [-0.39, 0.29) is 5.41 Å². The summed E-state index contributed by atoms with van der Waals surface area (Å²) >= 11 is 0.